The smallest absolute Gasteiger partial charge is 0.304 e. The second-order valence-corrected chi connectivity index (χ2v) is 5.76. The number of carboxylic acids is 1. The lowest BCUT2D eigenvalue weighted by Gasteiger charge is -2.14. The number of nitrogens with zero attached hydrogens (tertiary/aromatic N) is 2. The average molecular weight is 283 g/mol. The van der Waals surface area contributed by atoms with Gasteiger partial charge < -0.3 is 9.63 Å². The van der Waals surface area contributed by atoms with Crippen molar-refractivity contribution < 1.29 is 19.2 Å². The highest BCUT2D eigenvalue weighted by Crippen LogP contribution is 2.23. The number of amides is 1. The zero-order valence-corrected chi connectivity index (χ0v) is 12.3. The minimum absolute atomic E-state index is 0.000258. The second kappa shape index (κ2) is 6.51. The summed E-state index contributed by atoms with van der Waals surface area (Å²) in [5.41, 5.74) is 0.608. The van der Waals surface area contributed by atoms with Gasteiger partial charge >= 0.3 is 5.97 Å². The Kier molecular flexibility index (Phi) is 5.26. The van der Waals surface area contributed by atoms with Crippen molar-refractivity contribution in [3.8, 4) is 0 Å². The van der Waals surface area contributed by atoms with Crippen molar-refractivity contribution in [2.45, 2.75) is 32.6 Å². The molecule has 112 valence electrons. The number of hydrogen-bond acceptors (Lipinski definition) is 5. The van der Waals surface area contributed by atoms with E-state index in [2.05, 4.69) is 10.5 Å². The van der Waals surface area contributed by atoms with Gasteiger partial charge in [-0.3, -0.25) is 19.8 Å². The van der Waals surface area contributed by atoms with E-state index in [1.54, 1.807) is 18.0 Å². The lowest BCUT2D eigenvalue weighted by molar-refractivity contribution is -0.137. The molecule has 0 radical (unpaired) electrons. The zero-order chi connectivity index (χ0) is 15.3. The van der Waals surface area contributed by atoms with Crippen LogP contribution in [0.2, 0.25) is 0 Å². The van der Waals surface area contributed by atoms with Crippen LogP contribution in [-0.4, -0.2) is 47.2 Å². The summed E-state index contributed by atoms with van der Waals surface area (Å²) < 4.78 is 5.05. The third-order valence-corrected chi connectivity index (χ3v) is 2.66. The maximum atomic E-state index is 11.7. The summed E-state index contributed by atoms with van der Waals surface area (Å²) in [6, 6.07) is 1.69. The predicted molar refractivity (Wildman–Crippen MR) is 73.6 cm³/mol. The molecule has 1 rings (SSSR count). The number of carbonyl (C=O) groups is 2. The van der Waals surface area contributed by atoms with Crippen LogP contribution >= 0.6 is 0 Å². The van der Waals surface area contributed by atoms with Crippen molar-refractivity contribution in [1.82, 2.24) is 10.1 Å². The van der Waals surface area contributed by atoms with E-state index in [0.717, 1.165) is 5.69 Å². The van der Waals surface area contributed by atoms with Crippen LogP contribution in [0.1, 0.15) is 32.9 Å². The number of anilines is 1. The predicted octanol–water partition coefficient (Wildman–Crippen LogP) is 1.32. The van der Waals surface area contributed by atoms with E-state index in [4.69, 9.17) is 9.63 Å². The molecule has 0 saturated heterocycles. The fourth-order valence-corrected chi connectivity index (χ4v) is 1.48. The number of aliphatic carboxylic acids is 1. The summed E-state index contributed by atoms with van der Waals surface area (Å²) in [4.78, 5) is 23.8. The van der Waals surface area contributed by atoms with Gasteiger partial charge in [0.2, 0.25) is 11.8 Å². The van der Waals surface area contributed by atoms with Crippen LogP contribution in [0, 0.1) is 0 Å². The van der Waals surface area contributed by atoms with Gasteiger partial charge in [0.15, 0.2) is 0 Å². The molecule has 7 nitrogen and oxygen atoms in total. The summed E-state index contributed by atoms with van der Waals surface area (Å²) >= 11 is 0. The Morgan fingerprint density at radius 3 is 2.60 bits per heavy atom. The average Bonchev–Trinajstić information content (AvgIpc) is 2.74. The van der Waals surface area contributed by atoms with Crippen LogP contribution in [0.15, 0.2) is 10.6 Å². The molecular weight excluding hydrogens is 262 g/mol. The number of carboxylic acid groups (broad SMARTS) is 1. The summed E-state index contributed by atoms with van der Waals surface area (Å²) in [5, 5.41) is 15.1. The summed E-state index contributed by atoms with van der Waals surface area (Å²) in [6.45, 7) is 6.40. The molecule has 0 aliphatic heterocycles. The molecule has 0 spiro atoms. The number of rotatable bonds is 6. The Hall–Kier alpha value is -1.89. The van der Waals surface area contributed by atoms with Gasteiger partial charge in [-0.25, -0.2) is 0 Å². The fourth-order valence-electron chi connectivity index (χ4n) is 1.48. The molecule has 7 heteroatoms. The molecule has 0 saturated carbocycles. The molecule has 1 heterocycles. The first-order valence-electron chi connectivity index (χ1n) is 6.36. The van der Waals surface area contributed by atoms with Crippen LogP contribution in [-0.2, 0) is 15.0 Å². The van der Waals surface area contributed by atoms with Gasteiger partial charge in [-0.15, -0.1) is 0 Å². The molecule has 0 aliphatic carbocycles. The first-order chi connectivity index (χ1) is 9.18. The van der Waals surface area contributed by atoms with E-state index in [1.807, 2.05) is 20.8 Å². The third kappa shape index (κ3) is 5.40. The molecule has 0 atom stereocenters. The fraction of sp³-hybridized carbons (Fsp3) is 0.615. The van der Waals surface area contributed by atoms with E-state index in [9.17, 15) is 9.59 Å². The Balaban J connectivity index is 2.46. The van der Waals surface area contributed by atoms with Crippen molar-refractivity contribution >= 4 is 17.8 Å². The lowest BCUT2D eigenvalue weighted by Crippen LogP contribution is -2.31. The van der Waals surface area contributed by atoms with Gasteiger partial charge in [0.1, 0.15) is 0 Å². The van der Waals surface area contributed by atoms with Gasteiger partial charge in [0.25, 0.3) is 0 Å². The first-order valence-corrected chi connectivity index (χ1v) is 6.36. The molecule has 0 fully saturated rings. The maximum Gasteiger partial charge on any atom is 0.304 e. The van der Waals surface area contributed by atoms with Gasteiger partial charge in [-0.2, -0.15) is 0 Å². The van der Waals surface area contributed by atoms with Gasteiger partial charge in [0.05, 0.1) is 18.7 Å². The Labute approximate surface area is 117 Å². The number of likely N-dealkylation sites (N-methyl/N-ethyl adjacent to an activating group) is 1. The minimum atomic E-state index is -0.887. The standard InChI is InChI=1S/C13H21N3O4/c1-13(2,3)9-7-11(20-15-9)14-10(17)8-16(4)6-5-12(18)19/h7H,5-6,8H2,1-4H3,(H,14,17)(H,18,19). The van der Waals surface area contributed by atoms with E-state index in [0.29, 0.717) is 12.4 Å². The summed E-state index contributed by atoms with van der Waals surface area (Å²) in [6.07, 6.45) is 0.000258. The topological polar surface area (TPSA) is 95.7 Å². The highest BCUT2D eigenvalue weighted by atomic mass is 16.5. The normalized spacial score (nSPS) is 11.7. The molecule has 1 aromatic rings. The largest absolute Gasteiger partial charge is 0.481 e. The Morgan fingerprint density at radius 1 is 1.45 bits per heavy atom. The third-order valence-electron chi connectivity index (χ3n) is 2.66. The van der Waals surface area contributed by atoms with E-state index >= 15 is 0 Å². The van der Waals surface area contributed by atoms with Gasteiger partial charge in [-0.05, 0) is 7.05 Å². The molecule has 0 bridgehead atoms. The molecule has 0 aliphatic rings. The van der Waals surface area contributed by atoms with Crippen LogP contribution in [0.25, 0.3) is 0 Å². The van der Waals surface area contributed by atoms with Crippen LogP contribution in [0.3, 0.4) is 0 Å². The molecule has 1 amide bonds. The molecular formula is C13H21N3O4. The zero-order valence-electron chi connectivity index (χ0n) is 12.3. The summed E-state index contributed by atoms with van der Waals surface area (Å²) in [5.74, 6) is -0.858. The Morgan fingerprint density at radius 2 is 2.10 bits per heavy atom. The Bertz CT molecular complexity index is 476. The number of carbonyl (C=O) groups excluding carboxylic acids is 1. The molecule has 0 unspecified atom stereocenters. The van der Waals surface area contributed by atoms with Crippen molar-refractivity contribution in [2.75, 3.05) is 25.5 Å². The van der Waals surface area contributed by atoms with E-state index < -0.39 is 5.97 Å². The van der Waals surface area contributed by atoms with Gasteiger partial charge in [-0.1, -0.05) is 25.9 Å². The number of aromatic nitrogens is 1. The van der Waals surface area contributed by atoms with Crippen LogP contribution < -0.4 is 5.32 Å². The first kappa shape index (κ1) is 16.2. The van der Waals surface area contributed by atoms with E-state index in [-0.39, 0.29) is 24.3 Å². The summed E-state index contributed by atoms with van der Waals surface area (Å²) in [7, 11) is 1.68. The van der Waals surface area contributed by atoms with Crippen molar-refractivity contribution in [2.24, 2.45) is 0 Å². The maximum absolute atomic E-state index is 11.7. The highest BCUT2D eigenvalue weighted by molar-refractivity contribution is 5.91. The quantitative estimate of drug-likeness (QED) is 0.817. The monoisotopic (exact) mass is 283 g/mol. The second-order valence-electron chi connectivity index (χ2n) is 5.76. The lowest BCUT2D eigenvalue weighted by atomic mass is 9.92. The molecule has 0 aromatic carbocycles. The molecule has 20 heavy (non-hydrogen) atoms. The van der Waals surface area contributed by atoms with E-state index in [1.165, 1.54) is 0 Å². The van der Waals surface area contributed by atoms with Crippen molar-refractivity contribution in [3.05, 3.63) is 11.8 Å². The SMILES string of the molecule is CN(CCC(=O)O)CC(=O)Nc1cc(C(C)(C)C)no1. The molecule has 2 N–H and O–H groups in total. The number of hydrogen-bond donors (Lipinski definition) is 2. The van der Waals surface area contributed by atoms with Crippen molar-refractivity contribution in [1.29, 1.82) is 0 Å². The molecule has 1 aromatic heterocycles. The highest BCUT2D eigenvalue weighted by Gasteiger charge is 2.19. The van der Waals surface area contributed by atoms with Crippen molar-refractivity contribution in [3.63, 3.8) is 0 Å². The minimum Gasteiger partial charge on any atom is -0.481 e. The van der Waals surface area contributed by atoms with Crippen LogP contribution in [0.5, 0.6) is 0 Å². The van der Waals surface area contributed by atoms with Gasteiger partial charge in [0, 0.05) is 18.0 Å². The number of nitrogens with one attached hydrogen (secondary N) is 1. The van der Waals surface area contributed by atoms with Crippen LogP contribution in [0.4, 0.5) is 5.88 Å².